The molecule has 10 nitrogen and oxygen atoms in total. The topological polar surface area (TPSA) is 112 Å². The van der Waals surface area contributed by atoms with E-state index in [1.54, 1.807) is 56.6 Å². The third-order valence-electron chi connectivity index (χ3n) is 6.09. The summed E-state index contributed by atoms with van der Waals surface area (Å²) in [4.78, 5) is 22.5. The molecule has 1 aliphatic rings. The van der Waals surface area contributed by atoms with E-state index in [1.165, 1.54) is 0 Å². The van der Waals surface area contributed by atoms with Crippen molar-refractivity contribution in [3.05, 3.63) is 83.8 Å². The van der Waals surface area contributed by atoms with Crippen molar-refractivity contribution < 1.29 is 19.0 Å². The first-order valence-corrected chi connectivity index (χ1v) is 11.5. The van der Waals surface area contributed by atoms with E-state index < -0.39 is 6.04 Å². The maximum Gasteiger partial charge on any atom is 0.255 e. The largest absolute Gasteiger partial charge is 0.496 e. The van der Waals surface area contributed by atoms with Gasteiger partial charge >= 0.3 is 0 Å². The van der Waals surface area contributed by atoms with Gasteiger partial charge in [0.1, 0.15) is 11.8 Å². The molecule has 0 saturated heterocycles. The highest BCUT2D eigenvalue weighted by Crippen LogP contribution is 2.40. The molecule has 188 valence electrons. The standard InChI is InChI=1S/C27H26N6O4/c1-16-23(26(34)30-18-8-7-13-28-15-18)24(19-9-5-6-10-20(19)35-2)33-27(29-16)31-25(32-33)17-11-12-21(36-3)22(14-17)37-4/h5-15,24H,1-4H3,(H,30,34)(H,29,31,32). The molecule has 1 aliphatic heterocycles. The van der Waals surface area contributed by atoms with Crippen LogP contribution in [0.15, 0.2) is 78.3 Å². The van der Waals surface area contributed by atoms with E-state index in [4.69, 9.17) is 24.3 Å². The van der Waals surface area contributed by atoms with Crippen LogP contribution in [0.2, 0.25) is 0 Å². The molecule has 0 radical (unpaired) electrons. The molecule has 0 fully saturated rings. The summed E-state index contributed by atoms with van der Waals surface area (Å²) in [5.41, 5.74) is 3.22. The van der Waals surface area contributed by atoms with Crippen LogP contribution in [0, 0.1) is 0 Å². The first-order chi connectivity index (χ1) is 18.0. The summed E-state index contributed by atoms with van der Waals surface area (Å²) in [5.74, 6) is 2.46. The third kappa shape index (κ3) is 4.44. The van der Waals surface area contributed by atoms with E-state index in [2.05, 4.69) is 15.6 Å². The molecule has 2 N–H and O–H groups in total. The zero-order valence-electron chi connectivity index (χ0n) is 20.9. The summed E-state index contributed by atoms with van der Waals surface area (Å²) in [6.07, 6.45) is 3.25. The number of fused-ring (bicyclic) bond motifs is 1. The molecule has 37 heavy (non-hydrogen) atoms. The van der Waals surface area contributed by atoms with Gasteiger partial charge < -0.3 is 24.8 Å². The van der Waals surface area contributed by atoms with Gasteiger partial charge in [-0.15, -0.1) is 5.10 Å². The van der Waals surface area contributed by atoms with Crippen molar-refractivity contribution in [1.82, 2.24) is 19.7 Å². The van der Waals surface area contributed by atoms with Crippen LogP contribution in [0.1, 0.15) is 18.5 Å². The number of nitrogens with one attached hydrogen (secondary N) is 2. The van der Waals surface area contributed by atoms with Crippen molar-refractivity contribution in [2.75, 3.05) is 32.0 Å². The molecule has 0 bridgehead atoms. The smallest absolute Gasteiger partial charge is 0.255 e. The number of methoxy groups -OCH3 is 3. The SMILES string of the molecule is COc1ccc(-c2nc3n(n2)C(c2ccccc2OC)C(C(=O)Nc2cccnc2)=C(C)N3)cc1OC. The van der Waals surface area contributed by atoms with Gasteiger partial charge in [0.25, 0.3) is 5.91 Å². The number of ether oxygens (including phenoxy) is 3. The number of hydrogen-bond acceptors (Lipinski definition) is 8. The van der Waals surface area contributed by atoms with Gasteiger partial charge in [-0.25, -0.2) is 4.68 Å². The van der Waals surface area contributed by atoms with Crippen LogP contribution >= 0.6 is 0 Å². The van der Waals surface area contributed by atoms with Crippen molar-refractivity contribution in [3.63, 3.8) is 0 Å². The number of para-hydroxylation sites is 1. The molecule has 0 saturated carbocycles. The van der Waals surface area contributed by atoms with Gasteiger partial charge in [0.15, 0.2) is 17.3 Å². The number of nitrogens with zero attached hydrogens (tertiary/aromatic N) is 4. The molecular weight excluding hydrogens is 472 g/mol. The van der Waals surface area contributed by atoms with E-state index in [0.717, 1.165) is 11.1 Å². The van der Waals surface area contributed by atoms with Gasteiger partial charge in [0.2, 0.25) is 5.95 Å². The molecule has 2 aromatic heterocycles. The second-order valence-electron chi connectivity index (χ2n) is 8.28. The van der Waals surface area contributed by atoms with Crippen LogP contribution < -0.4 is 24.8 Å². The first kappa shape index (κ1) is 23.9. The summed E-state index contributed by atoms with van der Waals surface area (Å²) in [7, 11) is 4.76. The van der Waals surface area contributed by atoms with Gasteiger partial charge in [0.05, 0.1) is 38.8 Å². The molecule has 1 atom stereocenters. The Morgan fingerprint density at radius 1 is 0.973 bits per heavy atom. The van der Waals surface area contributed by atoms with Gasteiger partial charge in [-0.1, -0.05) is 18.2 Å². The zero-order chi connectivity index (χ0) is 25.9. The van der Waals surface area contributed by atoms with Gasteiger partial charge in [-0.2, -0.15) is 4.98 Å². The zero-order valence-corrected chi connectivity index (χ0v) is 20.9. The normalized spacial score (nSPS) is 14.4. The van der Waals surface area contributed by atoms with Gasteiger partial charge in [-0.05, 0) is 43.3 Å². The fourth-order valence-corrected chi connectivity index (χ4v) is 4.36. The fraction of sp³-hybridized carbons (Fsp3) is 0.185. The second kappa shape index (κ2) is 10.0. The van der Waals surface area contributed by atoms with Crippen LogP contribution in [0.3, 0.4) is 0 Å². The Kier molecular flexibility index (Phi) is 6.46. The highest BCUT2D eigenvalue weighted by Gasteiger charge is 2.36. The molecule has 10 heteroatoms. The number of benzene rings is 2. The van der Waals surface area contributed by atoms with Crippen molar-refractivity contribution in [3.8, 4) is 28.6 Å². The van der Waals surface area contributed by atoms with Crippen molar-refractivity contribution >= 4 is 17.5 Å². The monoisotopic (exact) mass is 498 g/mol. The van der Waals surface area contributed by atoms with Gasteiger partial charge in [-0.3, -0.25) is 9.78 Å². The molecular formula is C27H26N6O4. The number of carbonyl (C=O) groups excluding carboxylic acids is 1. The molecule has 5 rings (SSSR count). The number of carbonyl (C=O) groups is 1. The Labute approximate surface area is 213 Å². The lowest BCUT2D eigenvalue weighted by Crippen LogP contribution is -2.31. The quantitative estimate of drug-likeness (QED) is 0.388. The van der Waals surface area contributed by atoms with E-state index >= 15 is 0 Å². The van der Waals surface area contributed by atoms with Crippen molar-refractivity contribution in [1.29, 1.82) is 0 Å². The predicted molar refractivity (Wildman–Crippen MR) is 139 cm³/mol. The Morgan fingerprint density at radius 3 is 2.49 bits per heavy atom. The average Bonchev–Trinajstić information content (AvgIpc) is 3.36. The lowest BCUT2D eigenvalue weighted by molar-refractivity contribution is -0.113. The summed E-state index contributed by atoms with van der Waals surface area (Å²) in [6, 6.07) is 16.0. The van der Waals surface area contributed by atoms with E-state index in [1.807, 2.05) is 43.3 Å². The third-order valence-corrected chi connectivity index (χ3v) is 6.09. The minimum atomic E-state index is -0.606. The van der Waals surface area contributed by atoms with E-state index in [9.17, 15) is 4.79 Å². The maximum absolute atomic E-state index is 13.6. The maximum atomic E-state index is 13.6. The second-order valence-corrected chi connectivity index (χ2v) is 8.28. The number of anilines is 2. The minimum absolute atomic E-state index is 0.289. The van der Waals surface area contributed by atoms with Crippen LogP contribution in [0.25, 0.3) is 11.4 Å². The number of pyridine rings is 1. The fourth-order valence-electron chi connectivity index (χ4n) is 4.36. The number of allylic oxidation sites excluding steroid dienone is 1. The Balaban J connectivity index is 1.63. The molecule has 3 heterocycles. The number of aromatic nitrogens is 4. The molecule has 1 amide bonds. The van der Waals surface area contributed by atoms with Crippen LogP contribution in [-0.4, -0.2) is 47.0 Å². The lowest BCUT2D eigenvalue weighted by atomic mass is 9.94. The summed E-state index contributed by atoms with van der Waals surface area (Å²) in [5, 5.41) is 11.0. The number of rotatable bonds is 7. The first-order valence-electron chi connectivity index (χ1n) is 11.5. The predicted octanol–water partition coefficient (Wildman–Crippen LogP) is 4.29. The van der Waals surface area contributed by atoms with Crippen LogP contribution in [0.4, 0.5) is 11.6 Å². The number of amides is 1. The Morgan fingerprint density at radius 2 is 1.76 bits per heavy atom. The van der Waals surface area contributed by atoms with Crippen LogP contribution in [0.5, 0.6) is 17.2 Å². The molecule has 0 aliphatic carbocycles. The molecule has 0 spiro atoms. The molecule has 4 aromatic rings. The van der Waals surface area contributed by atoms with Crippen molar-refractivity contribution in [2.45, 2.75) is 13.0 Å². The minimum Gasteiger partial charge on any atom is -0.496 e. The van der Waals surface area contributed by atoms with E-state index in [-0.39, 0.29) is 5.91 Å². The average molecular weight is 499 g/mol. The highest BCUT2D eigenvalue weighted by atomic mass is 16.5. The molecule has 2 aromatic carbocycles. The summed E-state index contributed by atoms with van der Waals surface area (Å²) in [6.45, 7) is 1.84. The molecule has 1 unspecified atom stereocenters. The summed E-state index contributed by atoms with van der Waals surface area (Å²) < 4.78 is 18.2. The Bertz CT molecular complexity index is 1480. The summed E-state index contributed by atoms with van der Waals surface area (Å²) >= 11 is 0. The highest BCUT2D eigenvalue weighted by molar-refractivity contribution is 6.06. The van der Waals surface area contributed by atoms with Gasteiger partial charge in [0, 0.05) is 23.0 Å². The van der Waals surface area contributed by atoms with Crippen molar-refractivity contribution in [2.24, 2.45) is 0 Å². The van der Waals surface area contributed by atoms with E-state index in [0.29, 0.717) is 46.0 Å². The van der Waals surface area contributed by atoms with Crippen LogP contribution in [-0.2, 0) is 4.79 Å². The Hall–Kier alpha value is -4.86. The number of hydrogen-bond donors (Lipinski definition) is 2. The lowest BCUT2D eigenvalue weighted by Gasteiger charge is -2.29.